The van der Waals surface area contributed by atoms with Gasteiger partial charge in [-0.15, -0.1) is 0 Å². The van der Waals surface area contributed by atoms with Crippen molar-refractivity contribution < 1.29 is 0 Å². The van der Waals surface area contributed by atoms with Crippen LogP contribution in [0.3, 0.4) is 0 Å². The summed E-state index contributed by atoms with van der Waals surface area (Å²) in [6.07, 6.45) is 5.51. The molecule has 0 aliphatic carbocycles. The van der Waals surface area contributed by atoms with Crippen LogP contribution in [0.2, 0.25) is 0 Å². The summed E-state index contributed by atoms with van der Waals surface area (Å²) in [6.45, 7) is 6.32. The first-order valence-corrected chi connectivity index (χ1v) is 5.24. The van der Waals surface area contributed by atoms with Gasteiger partial charge in [-0.2, -0.15) is 5.10 Å². The van der Waals surface area contributed by atoms with Gasteiger partial charge < -0.3 is 5.73 Å². The molecule has 0 fully saturated rings. The zero-order valence-electron chi connectivity index (χ0n) is 9.81. The largest absolute Gasteiger partial charge is 0.399 e. The van der Waals surface area contributed by atoms with Crippen LogP contribution >= 0.6 is 0 Å². The lowest BCUT2D eigenvalue weighted by atomic mass is 10.1. The van der Waals surface area contributed by atoms with Crippen LogP contribution in [-0.4, -0.2) is 14.8 Å². The maximum absolute atomic E-state index is 5.72. The average Bonchev–Trinajstić information content (AvgIpc) is 2.65. The first-order valence-electron chi connectivity index (χ1n) is 5.24. The molecule has 0 aliphatic heterocycles. The molecule has 2 N–H and O–H groups in total. The summed E-state index contributed by atoms with van der Waals surface area (Å²) in [4.78, 5) is 4.27. The van der Waals surface area contributed by atoms with Gasteiger partial charge in [0.2, 0.25) is 0 Å². The van der Waals surface area contributed by atoms with Crippen LogP contribution in [0.15, 0.2) is 30.7 Å². The van der Waals surface area contributed by atoms with Gasteiger partial charge in [0, 0.05) is 23.6 Å². The van der Waals surface area contributed by atoms with Gasteiger partial charge in [-0.1, -0.05) is 0 Å². The van der Waals surface area contributed by atoms with E-state index in [1.165, 1.54) is 0 Å². The van der Waals surface area contributed by atoms with E-state index in [4.69, 9.17) is 5.73 Å². The predicted molar refractivity (Wildman–Crippen MR) is 64.9 cm³/mol. The second-order valence-electron chi connectivity index (χ2n) is 4.82. The quantitative estimate of drug-likeness (QED) is 0.795. The van der Waals surface area contributed by atoms with Gasteiger partial charge in [0.25, 0.3) is 0 Å². The molecule has 2 aromatic rings. The van der Waals surface area contributed by atoms with Crippen molar-refractivity contribution in [2.24, 2.45) is 0 Å². The first kappa shape index (κ1) is 10.7. The number of hydrogen-bond acceptors (Lipinski definition) is 3. The monoisotopic (exact) mass is 216 g/mol. The molecule has 0 atom stereocenters. The van der Waals surface area contributed by atoms with Crippen molar-refractivity contribution in [1.82, 2.24) is 14.8 Å². The number of nitrogen functional groups attached to an aromatic ring is 1. The Bertz CT molecular complexity index is 494. The lowest BCUT2D eigenvalue weighted by Gasteiger charge is -2.18. The molecule has 16 heavy (non-hydrogen) atoms. The zero-order valence-corrected chi connectivity index (χ0v) is 9.81. The second kappa shape index (κ2) is 3.63. The van der Waals surface area contributed by atoms with Crippen LogP contribution in [0.4, 0.5) is 5.69 Å². The molecule has 0 aliphatic rings. The van der Waals surface area contributed by atoms with Gasteiger partial charge >= 0.3 is 0 Å². The second-order valence-corrected chi connectivity index (χ2v) is 4.82. The molecule has 4 heteroatoms. The van der Waals surface area contributed by atoms with Gasteiger partial charge in [0.05, 0.1) is 17.4 Å². The maximum atomic E-state index is 5.72. The summed E-state index contributed by atoms with van der Waals surface area (Å²) in [5.41, 5.74) is 8.27. The average molecular weight is 216 g/mol. The summed E-state index contributed by atoms with van der Waals surface area (Å²) in [5, 5.41) is 4.33. The number of aromatic nitrogens is 3. The highest BCUT2D eigenvalue weighted by Crippen LogP contribution is 2.21. The smallest absolute Gasteiger partial charge is 0.0753 e. The maximum Gasteiger partial charge on any atom is 0.0753 e. The SMILES string of the molecule is CC(C)(C)n1cc(-c2cc(N)ccn2)cn1. The lowest BCUT2D eigenvalue weighted by molar-refractivity contribution is 0.355. The first-order chi connectivity index (χ1) is 7.47. The minimum Gasteiger partial charge on any atom is -0.399 e. The molecule has 0 amide bonds. The van der Waals surface area contributed by atoms with Gasteiger partial charge in [0.15, 0.2) is 0 Å². The van der Waals surface area contributed by atoms with Gasteiger partial charge in [-0.25, -0.2) is 0 Å². The molecule has 2 heterocycles. The third-order valence-electron chi connectivity index (χ3n) is 2.35. The van der Waals surface area contributed by atoms with Gasteiger partial charge in [-0.05, 0) is 32.9 Å². The molecule has 0 spiro atoms. The third kappa shape index (κ3) is 2.05. The van der Waals surface area contributed by atoms with Crippen LogP contribution in [0, 0.1) is 0 Å². The number of nitrogens with two attached hydrogens (primary N) is 1. The number of pyridine rings is 1. The van der Waals surface area contributed by atoms with Crippen molar-refractivity contribution in [2.75, 3.05) is 5.73 Å². The minimum absolute atomic E-state index is 0.0153. The van der Waals surface area contributed by atoms with E-state index in [2.05, 4.69) is 30.9 Å². The Morgan fingerprint density at radius 3 is 2.62 bits per heavy atom. The van der Waals surface area contributed by atoms with Crippen molar-refractivity contribution in [3.05, 3.63) is 30.7 Å². The minimum atomic E-state index is -0.0153. The Morgan fingerprint density at radius 2 is 2.06 bits per heavy atom. The van der Waals surface area contributed by atoms with Gasteiger partial charge in [0.1, 0.15) is 0 Å². The van der Waals surface area contributed by atoms with Crippen molar-refractivity contribution >= 4 is 5.69 Å². The van der Waals surface area contributed by atoms with Crippen LogP contribution in [0.5, 0.6) is 0 Å². The zero-order chi connectivity index (χ0) is 11.8. The number of rotatable bonds is 1. The Morgan fingerprint density at radius 1 is 1.31 bits per heavy atom. The van der Waals surface area contributed by atoms with E-state index in [9.17, 15) is 0 Å². The molecule has 0 bridgehead atoms. The molecule has 84 valence electrons. The highest BCUT2D eigenvalue weighted by molar-refractivity contribution is 5.61. The molecule has 2 rings (SSSR count). The fraction of sp³-hybridized carbons (Fsp3) is 0.333. The summed E-state index contributed by atoms with van der Waals surface area (Å²) >= 11 is 0. The molecule has 0 radical (unpaired) electrons. The normalized spacial score (nSPS) is 11.7. The number of anilines is 1. The molecule has 0 saturated carbocycles. The molecule has 2 aromatic heterocycles. The predicted octanol–water partition coefficient (Wildman–Crippen LogP) is 2.28. The fourth-order valence-corrected chi connectivity index (χ4v) is 1.43. The lowest BCUT2D eigenvalue weighted by Crippen LogP contribution is -2.21. The molecule has 0 aromatic carbocycles. The Kier molecular flexibility index (Phi) is 2.42. The van der Waals surface area contributed by atoms with Crippen LogP contribution < -0.4 is 5.73 Å². The van der Waals surface area contributed by atoms with E-state index in [0.29, 0.717) is 5.69 Å². The van der Waals surface area contributed by atoms with E-state index in [1.54, 1.807) is 12.3 Å². The standard InChI is InChI=1S/C12H16N4/c1-12(2,3)16-8-9(7-15-16)11-6-10(13)4-5-14-11/h4-8H,1-3H3,(H2,13,14). The van der Waals surface area contributed by atoms with E-state index in [-0.39, 0.29) is 5.54 Å². The fourth-order valence-electron chi connectivity index (χ4n) is 1.43. The molecular weight excluding hydrogens is 200 g/mol. The number of hydrogen-bond donors (Lipinski definition) is 1. The van der Waals surface area contributed by atoms with E-state index in [0.717, 1.165) is 11.3 Å². The number of nitrogens with zero attached hydrogens (tertiary/aromatic N) is 3. The van der Waals surface area contributed by atoms with E-state index in [1.807, 2.05) is 23.1 Å². The third-order valence-corrected chi connectivity index (χ3v) is 2.35. The Hall–Kier alpha value is -1.84. The van der Waals surface area contributed by atoms with E-state index < -0.39 is 0 Å². The van der Waals surface area contributed by atoms with Crippen molar-refractivity contribution in [3.63, 3.8) is 0 Å². The summed E-state index contributed by atoms with van der Waals surface area (Å²) in [5.74, 6) is 0. The molecule has 0 unspecified atom stereocenters. The molecular formula is C12H16N4. The van der Waals surface area contributed by atoms with E-state index >= 15 is 0 Å². The van der Waals surface area contributed by atoms with Gasteiger partial charge in [-0.3, -0.25) is 9.67 Å². The van der Waals surface area contributed by atoms with Crippen molar-refractivity contribution in [2.45, 2.75) is 26.3 Å². The summed E-state index contributed by atoms with van der Waals surface area (Å²) in [6, 6.07) is 3.63. The summed E-state index contributed by atoms with van der Waals surface area (Å²) in [7, 11) is 0. The topological polar surface area (TPSA) is 56.7 Å². The molecule has 4 nitrogen and oxygen atoms in total. The summed E-state index contributed by atoms with van der Waals surface area (Å²) < 4.78 is 1.92. The van der Waals surface area contributed by atoms with Crippen LogP contribution in [0.1, 0.15) is 20.8 Å². The van der Waals surface area contributed by atoms with Crippen molar-refractivity contribution in [1.29, 1.82) is 0 Å². The Labute approximate surface area is 95.1 Å². The molecule has 0 saturated heterocycles. The highest BCUT2D eigenvalue weighted by atomic mass is 15.3. The Balaban J connectivity index is 2.39. The van der Waals surface area contributed by atoms with Crippen molar-refractivity contribution in [3.8, 4) is 11.3 Å². The van der Waals surface area contributed by atoms with Crippen LogP contribution in [0.25, 0.3) is 11.3 Å². The highest BCUT2D eigenvalue weighted by Gasteiger charge is 2.14. The van der Waals surface area contributed by atoms with Crippen LogP contribution in [-0.2, 0) is 5.54 Å².